The summed E-state index contributed by atoms with van der Waals surface area (Å²) in [6.45, 7) is -2.54. The third-order valence-corrected chi connectivity index (χ3v) is 2.13. The van der Waals surface area contributed by atoms with Gasteiger partial charge in [-0.2, -0.15) is 8.78 Å². The molecule has 0 aliphatic carbocycles. The zero-order valence-electron chi connectivity index (χ0n) is 7.58. The van der Waals surface area contributed by atoms with Crippen LogP contribution in [0.2, 0.25) is 0 Å². The van der Waals surface area contributed by atoms with Crippen LogP contribution in [0.3, 0.4) is 0 Å². The Morgan fingerprint density at radius 2 is 2.00 bits per heavy atom. The molecule has 0 bridgehead atoms. The number of hydrogen-bond acceptors (Lipinski definition) is 1. The molecular weight excluding hydrogens is 188 g/mol. The monoisotopic (exact) mass is 197 g/mol. The number of aromatic nitrogens is 1. The molecule has 0 radical (unpaired) electrons. The van der Waals surface area contributed by atoms with Crippen LogP contribution >= 0.6 is 0 Å². The number of ether oxygens (including phenoxy) is 1. The van der Waals surface area contributed by atoms with Gasteiger partial charge in [-0.3, -0.25) is 4.57 Å². The molecule has 0 N–H and O–H groups in total. The predicted molar refractivity (Wildman–Crippen MR) is 49.7 cm³/mol. The first-order valence-electron chi connectivity index (χ1n) is 4.15. The third-order valence-electron chi connectivity index (χ3n) is 2.13. The molecule has 1 aromatic heterocycles. The molecule has 0 unspecified atom stereocenters. The Kier molecular flexibility index (Phi) is 2.11. The van der Waals surface area contributed by atoms with E-state index in [1.54, 1.807) is 24.3 Å². The van der Waals surface area contributed by atoms with Gasteiger partial charge < -0.3 is 4.74 Å². The number of rotatable bonds is 2. The van der Waals surface area contributed by atoms with Gasteiger partial charge in [0.25, 0.3) is 0 Å². The Morgan fingerprint density at radius 1 is 1.29 bits per heavy atom. The average molecular weight is 197 g/mol. The number of halogens is 2. The van der Waals surface area contributed by atoms with Crippen molar-refractivity contribution in [1.29, 1.82) is 0 Å². The van der Waals surface area contributed by atoms with Crippen LogP contribution in [-0.4, -0.2) is 11.7 Å². The molecule has 0 atom stereocenters. The summed E-state index contributed by atoms with van der Waals surface area (Å²) in [7, 11) is 1.47. The number of benzene rings is 1. The van der Waals surface area contributed by atoms with Gasteiger partial charge in [-0.05, 0) is 12.1 Å². The van der Waals surface area contributed by atoms with E-state index in [1.165, 1.54) is 13.3 Å². The van der Waals surface area contributed by atoms with Crippen LogP contribution in [0.15, 0.2) is 30.5 Å². The maximum Gasteiger partial charge on any atom is 0.319 e. The number of hydrogen-bond donors (Lipinski definition) is 0. The summed E-state index contributed by atoms with van der Waals surface area (Å²) in [5.41, 5.74) is 0.486. The highest BCUT2D eigenvalue weighted by Crippen LogP contribution is 2.30. The molecule has 1 aromatic carbocycles. The molecule has 0 aliphatic rings. The zero-order chi connectivity index (χ0) is 10.1. The second kappa shape index (κ2) is 3.29. The second-order valence-corrected chi connectivity index (χ2v) is 2.90. The number of nitrogens with zero attached hydrogens (tertiary/aromatic N) is 1. The van der Waals surface area contributed by atoms with Gasteiger partial charge in [-0.1, -0.05) is 12.1 Å². The average Bonchev–Trinajstić information content (AvgIpc) is 2.56. The lowest BCUT2D eigenvalue weighted by Gasteiger charge is -2.00. The number of alkyl halides is 2. The van der Waals surface area contributed by atoms with Gasteiger partial charge in [0.1, 0.15) is 5.75 Å². The van der Waals surface area contributed by atoms with E-state index in [2.05, 4.69) is 0 Å². The molecule has 0 aliphatic heterocycles. The standard InChI is InChI=1S/C10H9F2NO/c1-14-9-6-13(10(11)12)8-5-3-2-4-7(8)9/h2-6,10H,1H3. The van der Waals surface area contributed by atoms with Crippen molar-refractivity contribution >= 4 is 10.9 Å². The van der Waals surface area contributed by atoms with Crippen LogP contribution in [0.5, 0.6) is 5.75 Å². The Labute approximate surface area is 79.7 Å². The topological polar surface area (TPSA) is 14.2 Å². The fraction of sp³-hybridized carbons (Fsp3) is 0.200. The maximum atomic E-state index is 12.6. The van der Waals surface area contributed by atoms with E-state index < -0.39 is 6.55 Å². The van der Waals surface area contributed by atoms with Gasteiger partial charge in [0.2, 0.25) is 0 Å². The van der Waals surface area contributed by atoms with E-state index in [-0.39, 0.29) is 0 Å². The third kappa shape index (κ3) is 1.23. The molecule has 2 nitrogen and oxygen atoms in total. The Morgan fingerprint density at radius 3 is 2.64 bits per heavy atom. The van der Waals surface area contributed by atoms with Gasteiger partial charge in [-0.15, -0.1) is 0 Å². The van der Waals surface area contributed by atoms with Crippen LogP contribution in [0, 0.1) is 0 Å². The smallest absolute Gasteiger partial charge is 0.319 e. The molecule has 0 amide bonds. The summed E-state index contributed by atoms with van der Waals surface area (Å²) in [6, 6.07) is 6.92. The van der Waals surface area contributed by atoms with Gasteiger partial charge in [0.15, 0.2) is 0 Å². The number of fused-ring (bicyclic) bond motifs is 1. The van der Waals surface area contributed by atoms with Crippen molar-refractivity contribution in [3.8, 4) is 5.75 Å². The first-order chi connectivity index (χ1) is 6.74. The number of para-hydroxylation sites is 1. The highest BCUT2D eigenvalue weighted by Gasteiger charge is 2.13. The highest BCUT2D eigenvalue weighted by molar-refractivity contribution is 5.86. The summed E-state index contributed by atoms with van der Waals surface area (Å²) in [5, 5.41) is 0.704. The largest absolute Gasteiger partial charge is 0.495 e. The van der Waals surface area contributed by atoms with Gasteiger partial charge >= 0.3 is 6.55 Å². The summed E-state index contributed by atoms with van der Waals surface area (Å²) in [5.74, 6) is 0.473. The maximum absolute atomic E-state index is 12.6. The first kappa shape index (κ1) is 8.99. The molecule has 14 heavy (non-hydrogen) atoms. The van der Waals surface area contributed by atoms with E-state index in [0.717, 1.165) is 4.57 Å². The van der Waals surface area contributed by atoms with Crippen molar-refractivity contribution in [2.75, 3.05) is 7.11 Å². The second-order valence-electron chi connectivity index (χ2n) is 2.90. The SMILES string of the molecule is COc1cn(C(F)F)c2ccccc12. The van der Waals surface area contributed by atoms with Crippen molar-refractivity contribution in [3.63, 3.8) is 0 Å². The first-order valence-corrected chi connectivity index (χ1v) is 4.15. The molecule has 1 heterocycles. The van der Waals surface area contributed by atoms with Crippen LogP contribution < -0.4 is 4.74 Å². The zero-order valence-corrected chi connectivity index (χ0v) is 7.58. The van der Waals surface area contributed by atoms with Crippen molar-refractivity contribution in [3.05, 3.63) is 30.5 Å². The van der Waals surface area contributed by atoms with E-state index >= 15 is 0 Å². The Bertz CT molecular complexity index is 450. The van der Waals surface area contributed by atoms with E-state index in [9.17, 15) is 8.78 Å². The summed E-state index contributed by atoms with van der Waals surface area (Å²) < 4.78 is 31.0. The summed E-state index contributed by atoms with van der Waals surface area (Å²) in [6.07, 6.45) is 1.31. The van der Waals surface area contributed by atoms with Crippen LogP contribution in [0.4, 0.5) is 8.78 Å². The fourth-order valence-electron chi connectivity index (χ4n) is 1.50. The van der Waals surface area contributed by atoms with Gasteiger partial charge in [0.05, 0.1) is 18.8 Å². The molecule has 2 aromatic rings. The van der Waals surface area contributed by atoms with Crippen LogP contribution in [0.1, 0.15) is 6.55 Å². The van der Waals surface area contributed by atoms with Crippen molar-refractivity contribution < 1.29 is 13.5 Å². The minimum atomic E-state index is -2.54. The minimum Gasteiger partial charge on any atom is -0.495 e. The minimum absolute atomic E-state index is 0.473. The van der Waals surface area contributed by atoms with Gasteiger partial charge in [0, 0.05) is 5.39 Å². The van der Waals surface area contributed by atoms with Crippen LogP contribution in [-0.2, 0) is 0 Å². The van der Waals surface area contributed by atoms with E-state index in [4.69, 9.17) is 4.74 Å². The van der Waals surface area contributed by atoms with Crippen molar-refractivity contribution in [1.82, 2.24) is 4.57 Å². The quantitative estimate of drug-likeness (QED) is 0.721. The van der Waals surface area contributed by atoms with E-state index in [0.29, 0.717) is 16.7 Å². The predicted octanol–water partition coefficient (Wildman–Crippen LogP) is 3.05. The molecule has 0 fully saturated rings. The van der Waals surface area contributed by atoms with Gasteiger partial charge in [-0.25, -0.2) is 0 Å². The molecule has 0 spiro atoms. The van der Waals surface area contributed by atoms with Crippen LogP contribution in [0.25, 0.3) is 10.9 Å². The lowest BCUT2D eigenvalue weighted by Crippen LogP contribution is -1.94. The summed E-state index contributed by atoms with van der Waals surface area (Å²) >= 11 is 0. The normalized spacial score (nSPS) is 11.1. The fourth-order valence-corrected chi connectivity index (χ4v) is 1.50. The lowest BCUT2D eigenvalue weighted by atomic mass is 10.2. The lowest BCUT2D eigenvalue weighted by molar-refractivity contribution is 0.0748. The van der Waals surface area contributed by atoms with Crippen molar-refractivity contribution in [2.24, 2.45) is 0 Å². The Hall–Kier alpha value is -1.58. The molecule has 74 valence electrons. The molecular formula is C10H9F2NO. The highest BCUT2D eigenvalue weighted by atomic mass is 19.3. The molecule has 0 saturated carbocycles. The number of methoxy groups -OCH3 is 1. The van der Waals surface area contributed by atoms with Crippen molar-refractivity contribution in [2.45, 2.75) is 6.55 Å². The summed E-state index contributed by atoms with van der Waals surface area (Å²) in [4.78, 5) is 0. The molecule has 4 heteroatoms. The van der Waals surface area contributed by atoms with E-state index in [1.807, 2.05) is 0 Å². The molecule has 0 saturated heterocycles. The molecule has 2 rings (SSSR count). The Balaban J connectivity index is 2.73.